The fourth-order valence-electron chi connectivity index (χ4n) is 1.41. The molecule has 17 heavy (non-hydrogen) atoms. The molecule has 0 saturated heterocycles. The highest BCUT2D eigenvalue weighted by Gasteiger charge is 2.16. The van der Waals surface area contributed by atoms with E-state index >= 15 is 0 Å². The van der Waals surface area contributed by atoms with Crippen LogP contribution in [0.15, 0.2) is 16.8 Å². The van der Waals surface area contributed by atoms with Crippen LogP contribution >= 0.6 is 0 Å². The van der Waals surface area contributed by atoms with E-state index in [-0.39, 0.29) is 6.04 Å². The second kappa shape index (κ2) is 6.90. The zero-order valence-corrected chi connectivity index (χ0v) is 10.5. The SMILES string of the molecule is CO/N=C/C1=CCCN(OC(=O)NC(C)C)C1. The number of hydrogen-bond acceptors (Lipinski definition) is 5. The summed E-state index contributed by atoms with van der Waals surface area (Å²) < 4.78 is 0. The molecule has 0 bridgehead atoms. The number of hydroxylamine groups is 2. The molecule has 1 heterocycles. The fourth-order valence-corrected chi connectivity index (χ4v) is 1.41. The summed E-state index contributed by atoms with van der Waals surface area (Å²) in [4.78, 5) is 21.1. The van der Waals surface area contributed by atoms with Gasteiger partial charge in [0.05, 0.1) is 12.8 Å². The van der Waals surface area contributed by atoms with Crippen molar-refractivity contribution in [1.29, 1.82) is 0 Å². The standard InChI is InChI=1S/C11H19N3O3/c1-9(2)13-11(15)17-14-6-4-5-10(8-14)7-12-16-3/h5,7,9H,4,6,8H2,1-3H3,(H,13,15)/b12-7+. The van der Waals surface area contributed by atoms with E-state index in [0.29, 0.717) is 13.1 Å². The van der Waals surface area contributed by atoms with Gasteiger partial charge in [-0.3, -0.25) is 0 Å². The van der Waals surface area contributed by atoms with Crippen molar-refractivity contribution in [3.05, 3.63) is 11.6 Å². The molecule has 0 aromatic heterocycles. The summed E-state index contributed by atoms with van der Waals surface area (Å²) in [5.74, 6) is 0. The summed E-state index contributed by atoms with van der Waals surface area (Å²) in [5.41, 5.74) is 0.968. The molecule has 1 amide bonds. The van der Waals surface area contributed by atoms with Gasteiger partial charge in [0.2, 0.25) is 0 Å². The molecule has 0 aromatic rings. The van der Waals surface area contributed by atoms with Gasteiger partial charge in [0.25, 0.3) is 0 Å². The van der Waals surface area contributed by atoms with Gasteiger partial charge in [-0.25, -0.2) is 4.79 Å². The van der Waals surface area contributed by atoms with Crippen LogP contribution in [0.25, 0.3) is 0 Å². The molecule has 6 heteroatoms. The van der Waals surface area contributed by atoms with E-state index in [2.05, 4.69) is 15.3 Å². The van der Waals surface area contributed by atoms with Crippen molar-refractivity contribution in [3.63, 3.8) is 0 Å². The van der Waals surface area contributed by atoms with Gasteiger partial charge in [-0.15, -0.1) is 5.06 Å². The van der Waals surface area contributed by atoms with Crippen molar-refractivity contribution >= 4 is 12.3 Å². The average Bonchev–Trinajstić information content (AvgIpc) is 2.25. The molecule has 0 spiro atoms. The largest absolute Gasteiger partial charge is 0.426 e. The highest BCUT2D eigenvalue weighted by Crippen LogP contribution is 2.08. The van der Waals surface area contributed by atoms with Gasteiger partial charge in [-0.05, 0) is 25.8 Å². The molecule has 96 valence electrons. The Hall–Kier alpha value is -1.56. The van der Waals surface area contributed by atoms with Crippen LogP contribution in [0, 0.1) is 0 Å². The topological polar surface area (TPSA) is 63.2 Å². The summed E-state index contributed by atoms with van der Waals surface area (Å²) in [5, 5.41) is 7.95. The van der Waals surface area contributed by atoms with E-state index in [0.717, 1.165) is 12.0 Å². The molecule has 0 fully saturated rings. The van der Waals surface area contributed by atoms with Crippen LogP contribution in [0.5, 0.6) is 0 Å². The Morgan fingerprint density at radius 1 is 1.65 bits per heavy atom. The normalized spacial score (nSPS) is 17.1. The maximum atomic E-state index is 11.4. The summed E-state index contributed by atoms with van der Waals surface area (Å²) in [6, 6.07) is 0.0670. The summed E-state index contributed by atoms with van der Waals surface area (Å²) in [6.07, 6.45) is 4.06. The Bertz CT molecular complexity index is 313. The van der Waals surface area contributed by atoms with Gasteiger partial charge in [0.15, 0.2) is 0 Å². The first-order chi connectivity index (χ1) is 8.11. The van der Waals surface area contributed by atoms with Crippen molar-refractivity contribution in [2.24, 2.45) is 5.16 Å². The van der Waals surface area contributed by atoms with Gasteiger partial charge in [0, 0.05) is 12.6 Å². The van der Waals surface area contributed by atoms with Crippen molar-refractivity contribution in [2.45, 2.75) is 26.3 Å². The van der Waals surface area contributed by atoms with Crippen LogP contribution in [-0.4, -0.2) is 43.6 Å². The Morgan fingerprint density at radius 3 is 3.06 bits per heavy atom. The molecule has 0 unspecified atom stereocenters. The van der Waals surface area contributed by atoms with E-state index in [9.17, 15) is 4.79 Å². The quantitative estimate of drug-likeness (QED) is 0.595. The molecule has 0 radical (unpaired) electrons. The molecule has 0 aliphatic carbocycles. The van der Waals surface area contributed by atoms with Gasteiger partial charge >= 0.3 is 6.09 Å². The van der Waals surface area contributed by atoms with Gasteiger partial charge in [0.1, 0.15) is 7.11 Å². The molecular weight excluding hydrogens is 222 g/mol. The summed E-state index contributed by atoms with van der Waals surface area (Å²) >= 11 is 0. The molecule has 1 aliphatic heterocycles. The molecule has 6 nitrogen and oxygen atoms in total. The lowest BCUT2D eigenvalue weighted by atomic mass is 10.2. The minimum absolute atomic E-state index is 0.0670. The maximum Gasteiger partial charge on any atom is 0.426 e. The number of carbonyl (C=O) groups is 1. The number of carbonyl (C=O) groups excluding carboxylic acids is 1. The van der Waals surface area contributed by atoms with Crippen molar-refractivity contribution in [2.75, 3.05) is 20.2 Å². The van der Waals surface area contributed by atoms with Crippen LogP contribution in [0.2, 0.25) is 0 Å². The first-order valence-corrected chi connectivity index (χ1v) is 5.60. The number of rotatable bonds is 4. The fraction of sp³-hybridized carbons (Fsp3) is 0.636. The smallest absolute Gasteiger partial charge is 0.399 e. The summed E-state index contributed by atoms with van der Waals surface area (Å²) in [6.45, 7) is 4.98. The van der Waals surface area contributed by atoms with E-state index in [1.165, 1.54) is 7.11 Å². The van der Waals surface area contributed by atoms with Gasteiger partial charge in [-0.2, -0.15) is 0 Å². The zero-order chi connectivity index (χ0) is 12.7. The van der Waals surface area contributed by atoms with Crippen molar-refractivity contribution in [3.8, 4) is 0 Å². The van der Waals surface area contributed by atoms with Crippen molar-refractivity contribution < 1.29 is 14.5 Å². The molecule has 1 aliphatic rings. The van der Waals surface area contributed by atoms with Crippen molar-refractivity contribution in [1.82, 2.24) is 10.4 Å². The molecule has 0 atom stereocenters. The van der Waals surface area contributed by atoms with E-state index in [1.54, 1.807) is 11.3 Å². The predicted molar refractivity (Wildman–Crippen MR) is 64.5 cm³/mol. The van der Waals surface area contributed by atoms with Crippen LogP contribution in [-0.2, 0) is 9.68 Å². The second-order valence-corrected chi connectivity index (χ2v) is 4.03. The molecule has 1 rings (SSSR count). The van der Waals surface area contributed by atoms with E-state index in [1.807, 2.05) is 19.9 Å². The third-order valence-electron chi connectivity index (χ3n) is 2.09. The first kappa shape index (κ1) is 13.5. The number of nitrogens with zero attached hydrogens (tertiary/aromatic N) is 2. The average molecular weight is 241 g/mol. The second-order valence-electron chi connectivity index (χ2n) is 4.03. The molecule has 0 aromatic carbocycles. The Labute approximate surface area is 101 Å². The summed E-state index contributed by atoms with van der Waals surface area (Å²) in [7, 11) is 1.49. The number of hydrogen-bond donors (Lipinski definition) is 1. The van der Waals surface area contributed by atoms with Gasteiger partial charge < -0.3 is 15.0 Å². The maximum absolute atomic E-state index is 11.4. The third kappa shape index (κ3) is 5.35. The zero-order valence-electron chi connectivity index (χ0n) is 10.5. The number of amides is 1. The van der Waals surface area contributed by atoms with E-state index < -0.39 is 6.09 Å². The molecular formula is C11H19N3O3. The van der Waals surface area contributed by atoms with Crippen LogP contribution in [0.3, 0.4) is 0 Å². The highest BCUT2D eigenvalue weighted by molar-refractivity contribution is 5.78. The van der Waals surface area contributed by atoms with Crippen LogP contribution < -0.4 is 5.32 Å². The Morgan fingerprint density at radius 2 is 2.41 bits per heavy atom. The highest BCUT2D eigenvalue weighted by atomic mass is 16.7. The lowest BCUT2D eigenvalue weighted by molar-refractivity contribution is -0.0938. The van der Waals surface area contributed by atoms with Gasteiger partial charge in [-0.1, -0.05) is 11.2 Å². The lowest BCUT2D eigenvalue weighted by Gasteiger charge is -2.24. The van der Waals surface area contributed by atoms with Crippen LogP contribution in [0.4, 0.5) is 4.79 Å². The minimum Gasteiger partial charge on any atom is -0.399 e. The molecule has 1 N–H and O–H groups in total. The predicted octanol–water partition coefficient (Wildman–Crippen LogP) is 1.30. The van der Waals surface area contributed by atoms with E-state index in [4.69, 9.17) is 4.84 Å². The van der Waals surface area contributed by atoms with Crippen LogP contribution in [0.1, 0.15) is 20.3 Å². The first-order valence-electron chi connectivity index (χ1n) is 5.60. The third-order valence-corrected chi connectivity index (χ3v) is 2.09. The molecule has 0 saturated carbocycles. The minimum atomic E-state index is -0.426. The Balaban J connectivity index is 2.39. The Kier molecular flexibility index (Phi) is 5.48. The monoisotopic (exact) mass is 241 g/mol. The number of nitrogens with one attached hydrogen (secondary N) is 1. The lowest BCUT2D eigenvalue weighted by Crippen LogP contribution is -2.39. The number of oxime groups is 1.